The number of rotatable bonds is 5. The molecule has 1 atom stereocenters. The summed E-state index contributed by atoms with van der Waals surface area (Å²) in [6.45, 7) is 2.45. The number of anilines is 1. The van der Waals surface area contributed by atoms with Gasteiger partial charge in [-0.2, -0.15) is 0 Å². The van der Waals surface area contributed by atoms with Gasteiger partial charge in [0.2, 0.25) is 0 Å². The molecule has 0 saturated heterocycles. The van der Waals surface area contributed by atoms with Crippen molar-refractivity contribution in [2.45, 2.75) is 19.4 Å². The van der Waals surface area contributed by atoms with Crippen molar-refractivity contribution < 1.29 is 9.50 Å². The lowest BCUT2D eigenvalue weighted by Gasteiger charge is -2.13. The highest BCUT2D eigenvalue weighted by molar-refractivity contribution is 5.43. The fourth-order valence-corrected chi connectivity index (χ4v) is 1.91. The molecule has 100 valence electrons. The molecule has 2 N–H and O–H groups in total. The van der Waals surface area contributed by atoms with E-state index in [4.69, 9.17) is 0 Å². The SMILES string of the molecule is CCc1ccc(C(O)CNc2cccc(F)c2)cc1. The van der Waals surface area contributed by atoms with Crippen LogP contribution in [0, 0.1) is 5.82 Å². The van der Waals surface area contributed by atoms with Crippen molar-refractivity contribution in [1.82, 2.24) is 0 Å². The summed E-state index contributed by atoms with van der Waals surface area (Å²) in [5.74, 6) is -0.285. The third-order valence-electron chi connectivity index (χ3n) is 3.10. The molecule has 0 aliphatic rings. The van der Waals surface area contributed by atoms with Gasteiger partial charge in [-0.05, 0) is 35.7 Å². The zero-order chi connectivity index (χ0) is 13.7. The van der Waals surface area contributed by atoms with Gasteiger partial charge in [-0.3, -0.25) is 0 Å². The first kappa shape index (κ1) is 13.6. The van der Waals surface area contributed by atoms with E-state index in [1.165, 1.54) is 17.7 Å². The first-order valence-electron chi connectivity index (χ1n) is 6.45. The second-order valence-electron chi connectivity index (χ2n) is 4.50. The van der Waals surface area contributed by atoms with E-state index in [1.54, 1.807) is 12.1 Å². The van der Waals surface area contributed by atoms with Gasteiger partial charge in [-0.25, -0.2) is 4.39 Å². The number of aliphatic hydroxyl groups is 1. The molecule has 0 aliphatic heterocycles. The van der Waals surface area contributed by atoms with E-state index < -0.39 is 6.10 Å². The normalized spacial score (nSPS) is 12.2. The molecule has 2 nitrogen and oxygen atoms in total. The fourth-order valence-electron chi connectivity index (χ4n) is 1.91. The fraction of sp³-hybridized carbons (Fsp3) is 0.250. The Labute approximate surface area is 112 Å². The lowest BCUT2D eigenvalue weighted by molar-refractivity contribution is 0.191. The molecule has 2 aromatic rings. The Morgan fingerprint density at radius 3 is 2.53 bits per heavy atom. The van der Waals surface area contributed by atoms with E-state index >= 15 is 0 Å². The average molecular weight is 259 g/mol. The van der Waals surface area contributed by atoms with Crippen LogP contribution >= 0.6 is 0 Å². The van der Waals surface area contributed by atoms with Crippen LogP contribution in [0.2, 0.25) is 0 Å². The molecule has 19 heavy (non-hydrogen) atoms. The topological polar surface area (TPSA) is 32.3 Å². The van der Waals surface area contributed by atoms with Crippen molar-refractivity contribution >= 4 is 5.69 Å². The van der Waals surface area contributed by atoms with Crippen LogP contribution in [0.4, 0.5) is 10.1 Å². The van der Waals surface area contributed by atoms with Crippen molar-refractivity contribution in [2.24, 2.45) is 0 Å². The Morgan fingerprint density at radius 1 is 1.16 bits per heavy atom. The van der Waals surface area contributed by atoms with E-state index in [0.717, 1.165) is 12.0 Å². The van der Waals surface area contributed by atoms with Crippen LogP contribution in [0.1, 0.15) is 24.2 Å². The van der Waals surface area contributed by atoms with Gasteiger partial charge in [0.05, 0.1) is 6.10 Å². The summed E-state index contributed by atoms with van der Waals surface area (Å²) in [6.07, 6.45) is 0.381. The van der Waals surface area contributed by atoms with E-state index in [1.807, 2.05) is 24.3 Å². The molecule has 0 spiro atoms. The van der Waals surface area contributed by atoms with Crippen LogP contribution in [0.3, 0.4) is 0 Å². The second-order valence-corrected chi connectivity index (χ2v) is 4.50. The van der Waals surface area contributed by atoms with Crippen LogP contribution in [0.25, 0.3) is 0 Å². The Balaban J connectivity index is 1.95. The van der Waals surface area contributed by atoms with Crippen LogP contribution in [-0.2, 0) is 6.42 Å². The summed E-state index contributed by atoms with van der Waals surface area (Å²) < 4.78 is 13.0. The summed E-state index contributed by atoms with van der Waals surface area (Å²) in [4.78, 5) is 0. The van der Waals surface area contributed by atoms with Crippen molar-refractivity contribution in [3.63, 3.8) is 0 Å². The highest BCUT2D eigenvalue weighted by Gasteiger charge is 2.07. The van der Waals surface area contributed by atoms with Crippen molar-refractivity contribution in [1.29, 1.82) is 0 Å². The van der Waals surface area contributed by atoms with Crippen LogP contribution < -0.4 is 5.32 Å². The van der Waals surface area contributed by atoms with E-state index in [9.17, 15) is 9.50 Å². The first-order valence-corrected chi connectivity index (χ1v) is 6.45. The largest absolute Gasteiger partial charge is 0.387 e. The molecule has 2 rings (SSSR count). The highest BCUT2D eigenvalue weighted by atomic mass is 19.1. The Hall–Kier alpha value is -1.87. The number of aliphatic hydroxyl groups excluding tert-OH is 1. The summed E-state index contributed by atoms with van der Waals surface area (Å²) in [5.41, 5.74) is 2.78. The first-order chi connectivity index (χ1) is 9.19. The second kappa shape index (κ2) is 6.34. The summed E-state index contributed by atoms with van der Waals surface area (Å²) >= 11 is 0. The molecule has 2 aromatic carbocycles. The number of hydrogen-bond donors (Lipinski definition) is 2. The molecule has 1 unspecified atom stereocenters. The lowest BCUT2D eigenvalue weighted by Crippen LogP contribution is -2.12. The molecular weight excluding hydrogens is 241 g/mol. The van der Waals surface area contributed by atoms with Crippen molar-refractivity contribution in [2.75, 3.05) is 11.9 Å². The molecule has 0 amide bonds. The highest BCUT2D eigenvalue weighted by Crippen LogP contribution is 2.16. The predicted octanol–water partition coefficient (Wildman–Crippen LogP) is 3.53. The average Bonchev–Trinajstić information content (AvgIpc) is 2.45. The minimum Gasteiger partial charge on any atom is -0.387 e. The molecule has 0 aromatic heterocycles. The maximum Gasteiger partial charge on any atom is 0.125 e. The van der Waals surface area contributed by atoms with E-state index in [0.29, 0.717) is 12.2 Å². The van der Waals surface area contributed by atoms with Gasteiger partial charge in [0.15, 0.2) is 0 Å². The van der Waals surface area contributed by atoms with Crippen LogP contribution in [-0.4, -0.2) is 11.7 Å². The van der Waals surface area contributed by atoms with Gasteiger partial charge in [-0.1, -0.05) is 37.3 Å². The van der Waals surface area contributed by atoms with Crippen LogP contribution in [0.5, 0.6) is 0 Å². The molecule has 0 fully saturated rings. The van der Waals surface area contributed by atoms with E-state index in [2.05, 4.69) is 12.2 Å². The molecule has 0 aliphatic carbocycles. The Kier molecular flexibility index (Phi) is 4.53. The third-order valence-corrected chi connectivity index (χ3v) is 3.10. The monoisotopic (exact) mass is 259 g/mol. The maximum atomic E-state index is 13.0. The minimum atomic E-state index is -0.603. The quantitative estimate of drug-likeness (QED) is 0.861. The molecule has 3 heteroatoms. The minimum absolute atomic E-state index is 0.285. The number of halogens is 1. The number of hydrogen-bond acceptors (Lipinski definition) is 2. The maximum absolute atomic E-state index is 13.0. The summed E-state index contributed by atoms with van der Waals surface area (Å²) in [6, 6.07) is 14.1. The predicted molar refractivity (Wildman–Crippen MR) is 75.7 cm³/mol. The van der Waals surface area contributed by atoms with Gasteiger partial charge in [0.1, 0.15) is 5.82 Å². The van der Waals surface area contributed by atoms with Gasteiger partial charge in [0, 0.05) is 12.2 Å². The zero-order valence-corrected chi connectivity index (χ0v) is 10.9. The molecule has 0 heterocycles. The van der Waals surface area contributed by atoms with Gasteiger partial charge in [0.25, 0.3) is 0 Å². The van der Waals surface area contributed by atoms with Crippen molar-refractivity contribution in [3.05, 3.63) is 65.5 Å². The van der Waals surface area contributed by atoms with E-state index in [-0.39, 0.29) is 5.82 Å². The zero-order valence-electron chi connectivity index (χ0n) is 10.9. The summed E-state index contributed by atoms with van der Waals surface area (Å²) in [7, 11) is 0. The number of nitrogens with one attached hydrogen (secondary N) is 1. The molecule has 0 saturated carbocycles. The third kappa shape index (κ3) is 3.80. The molecular formula is C16H18FNO. The standard InChI is InChI=1S/C16H18FNO/c1-2-12-6-8-13(9-7-12)16(19)11-18-15-5-3-4-14(17)10-15/h3-10,16,18-19H,2,11H2,1H3. The van der Waals surface area contributed by atoms with Crippen molar-refractivity contribution in [3.8, 4) is 0 Å². The number of aryl methyl sites for hydroxylation is 1. The van der Waals surface area contributed by atoms with Gasteiger partial charge >= 0.3 is 0 Å². The van der Waals surface area contributed by atoms with Gasteiger partial charge in [-0.15, -0.1) is 0 Å². The molecule has 0 bridgehead atoms. The smallest absolute Gasteiger partial charge is 0.125 e. The summed E-state index contributed by atoms with van der Waals surface area (Å²) in [5, 5.41) is 13.1. The van der Waals surface area contributed by atoms with Crippen LogP contribution in [0.15, 0.2) is 48.5 Å². The van der Waals surface area contributed by atoms with Gasteiger partial charge < -0.3 is 10.4 Å². The lowest BCUT2D eigenvalue weighted by atomic mass is 10.1. The molecule has 0 radical (unpaired) electrons. The Morgan fingerprint density at radius 2 is 1.89 bits per heavy atom. The Bertz CT molecular complexity index is 525. The number of benzene rings is 2.